The van der Waals surface area contributed by atoms with Gasteiger partial charge in [-0.1, -0.05) is 22.9 Å². The molecule has 0 aliphatic carbocycles. The second-order valence-corrected chi connectivity index (χ2v) is 5.09. The molecule has 0 aliphatic heterocycles. The van der Waals surface area contributed by atoms with E-state index in [-0.39, 0.29) is 5.82 Å². The average Bonchev–Trinajstić information content (AvgIpc) is 2.82. The summed E-state index contributed by atoms with van der Waals surface area (Å²) in [5.74, 6) is 0.670. The number of aromatic nitrogens is 3. The second kappa shape index (κ2) is 6.77. The van der Waals surface area contributed by atoms with Gasteiger partial charge in [0.2, 0.25) is 0 Å². The highest BCUT2D eigenvalue weighted by Crippen LogP contribution is 2.17. The lowest BCUT2D eigenvalue weighted by atomic mass is 10.2. The first-order valence-electron chi connectivity index (χ1n) is 6.22. The normalized spacial score (nSPS) is 10.9. The van der Waals surface area contributed by atoms with E-state index in [0.717, 1.165) is 28.8 Å². The zero-order chi connectivity index (χ0) is 13.7. The average molecular weight is 327 g/mol. The Morgan fingerprint density at radius 2 is 2.21 bits per heavy atom. The van der Waals surface area contributed by atoms with E-state index < -0.39 is 0 Å². The van der Waals surface area contributed by atoms with E-state index >= 15 is 0 Å². The number of aryl methyl sites for hydroxylation is 1. The van der Waals surface area contributed by atoms with E-state index in [1.165, 1.54) is 12.1 Å². The lowest BCUT2D eigenvalue weighted by molar-refractivity contribution is 0.541. The van der Waals surface area contributed by atoms with Crippen molar-refractivity contribution in [1.82, 2.24) is 20.1 Å². The molecule has 1 aromatic carbocycles. The zero-order valence-corrected chi connectivity index (χ0v) is 12.3. The van der Waals surface area contributed by atoms with E-state index in [1.54, 1.807) is 12.4 Å². The molecule has 2 aromatic rings. The van der Waals surface area contributed by atoms with Crippen LogP contribution in [0.5, 0.6) is 0 Å². The molecule has 0 atom stereocenters. The molecule has 0 spiro atoms. The van der Waals surface area contributed by atoms with Crippen molar-refractivity contribution in [2.24, 2.45) is 0 Å². The highest BCUT2D eigenvalue weighted by atomic mass is 79.9. The summed E-state index contributed by atoms with van der Waals surface area (Å²) in [5, 5.41) is 7.41. The summed E-state index contributed by atoms with van der Waals surface area (Å²) in [5.41, 5.74) is 0.890. The van der Waals surface area contributed by atoms with Crippen LogP contribution in [0.4, 0.5) is 4.39 Å². The summed E-state index contributed by atoms with van der Waals surface area (Å²) < 4.78 is 15.9. The number of hydrogen-bond acceptors (Lipinski definition) is 3. The standard InChI is InChI=1S/C13H16BrFN4/c1-2-5-19-13(17-9-18-19)8-16-7-10-6-11(15)3-4-12(10)14/h3-4,6,9,16H,2,5,7-8H2,1H3. The summed E-state index contributed by atoms with van der Waals surface area (Å²) in [6.45, 7) is 4.16. The molecule has 0 bridgehead atoms. The lowest BCUT2D eigenvalue weighted by Gasteiger charge is -2.08. The Morgan fingerprint density at radius 1 is 1.37 bits per heavy atom. The summed E-state index contributed by atoms with van der Waals surface area (Å²) in [6, 6.07) is 4.67. The highest BCUT2D eigenvalue weighted by Gasteiger charge is 2.05. The molecule has 0 aliphatic rings. The molecule has 1 aromatic heterocycles. The molecule has 4 nitrogen and oxygen atoms in total. The molecule has 0 saturated carbocycles. The van der Waals surface area contributed by atoms with Crippen LogP contribution < -0.4 is 5.32 Å². The van der Waals surface area contributed by atoms with Crippen LogP contribution in [-0.4, -0.2) is 14.8 Å². The van der Waals surface area contributed by atoms with E-state index in [4.69, 9.17) is 0 Å². The molecule has 19 heavy (non-hydrogen) atoms. The number of nitrogens with one attached hydrogen (secondary N) is 1. The van der Waals surface area contributed by atoms with Gasteiger partial charge < -0.3 is 5.32 Å². The molecule has 0 saturated heterocycles. The van der Waals surface area contributed by atoms with Crippen molar-refractivity contribution in [1.29, 1.82) is 0 Å². The Hall–Kier alpha value is -1.27. The van der Waals surface area contributed by atoms with Crippen molar-refractivity contribution in [2.45, 2.75) is 33.0 Å². The second-order valence-electron chi connectivity index (χ2n) is 4.24. The molecular formula is C13H16BrFN4. The predicted octanol–water partition coefficient (Wildman–Crippen LogP) is 2.88. The fourth-order valence-electron chi connectivity index (χ4n) is 1.81. The monoisotopic (exact) mass is 326 g/mol. The molecule has 1 N–H and O–H groups in total. The van der Waals surface area contributed by atoms with Crippen LogP contribution >= 0.6 is 15.9 Å². The molecule has 102 valence electrons. The Balaban J connectivity index is 1.92. The van der Waals surface area contributed by atoms with Gasteiger partial charge in [-0.05, 0) is 30.2 Å². The summed E-state index contributed by atoms with van der Waals surface area (Å²) in [6.07, 6.45) is 2.58. The molecule has 0 radical (unpaired) electrons. The largest absolute Gasteiger partial charge is 0.306 e. The van der Waals surface area contributed by atoms with E-state index in [2.05, 4.69) is 38.3 Å². The van der Waals surface area contributed by atoms with Gasteiger partial charge in [0.05, 0.1) is 6.54 Å². The molecule has 0 unspecified atom stereocenters. The fourth-order valence-corrected chi connectivity index (χ4v) is 2.20. The Kier molecular flexibility index (Phi) is 5.04. The number of benzene rings is 1. The van der Waals surface area contributed by atoms with E-state index in [0.29, 0.717) is 13.1 Å². The fraction of sp³-hybridized carbons (Fsp3) is 0.385. The maximum atomic E-state index is 13.1. The topological polar surface area (TPSA) is 42.7 Å². The van der Waals surface area contributed by atoms with Gasteiger partial charge in [-0.15, -0.1) is 0 Å². The SMILES string of the molecule is CCCn1ncnc1CNCc1cc(F)ccc1Br. The van der Waals surface area contributed by atoms with Crippen molar-refractivity contribution >= 4 is 15.9 Å². The van der Waals surface area contributed by atoms with Crippen LogP contribution in [0.1, 0.15) is 24.7 Å². The zero-order valence-electron chi connectivity index (χ0n) is 10.7. The first-order chi connectivity index (χ1) is 9.20. The first kappa shape index (κ1) is 14.1. The van der Waals surface area contributed by atoms with E-state index in [1.807, 2.05) is 4.68 Å². The number of rotatable bonds is 6. The number of halogens is 2. The van der Waals surface area contributed by atoms with Gasteiger partial charge in [-0.25, -0.2) is 14.1 Å². The quantitative estimate of drug-likeness (QED) is 0.887. The van der Waals surface area contributed by atoms with Crippen LogP contribution in [0.2, 0.25) is 0 Å². The van der Waals surface area contributed by atoms with Crippen LogP contribution in [0.3, 0.4) is 0 Å². The summed E-state index contributed by atoms with van der Waals surface area (Å²) in [4.78, 5) is 4.21. The first-order valence-corrected chi connectivity index (χ1v) is 7.01. The van der Waals surface area contributed by atoms with Crippen LogP contribution in [0.25, 0.3) is 0 Å². The maximum absolute atomic E-state index is 13.1. The Bertz CT molecular complexity index is 541. The number of nitrogens with zero attached hydrogens (tertiary/aromatic N) is 3. The molecule has 6 heteroatoms. The third kappa shape index (κ3) is 3.84. The van der Waals surface area contributed by atoms with Gasteiger partial charge >= 0.3 is 0 Å². The van der Waals surface area contributed by atoms with Gasteiger partial charge in [-0.2, -0.15) is 5.10 Å². The van der Waals surface area contributed by atoms with Crippen LogP contribution in [-0.2, 0) is 19.6 Å². The molecule has 2 rings (SSSR count). The van der Waals surface area contributed by atoms with Gasteiger partial charge in [0.1, 0.15) is 18.0 Å². The third-order valence-electron chi connectivity index (χ3n) is 2.74. The Labute approximate surface area is 120 Å². The summed E-state index contributed by atoms with van der Waals surface area (Å²) >= 11 is 3.41. The van der Waals surface area contributed by atoms with Gasteiger partial charge in [0, 0.05) is 17.6 Å². The Morgan fingerprint density at radius 3 is 3.00 bits per heavy atom. The lowest BCUT2D eigenvalue weighted by Crippen LogP contribution is -2.17. The van der Waals surface area contributed by atoms with Crippen molar-refractivity contribution in [2.75, 3.05) is 0 Å². The number of hydrogen-bond donors (Lipinski definition) is 1. The minimum atomic E-state index is -0.228. The summed E-state index contributed by atoms with van der Waals surface area (Å²) in [7, 11) is 0. The maximum Gasteiger partial charge on any atom is 0.140 e. The van der Waals surface area contributed by atoms with Crippen LogP contribution in [0.15, 0.2) is 29.0 Å². The van der Waals surface area contributed by atoms with Gasteiger partial charge in [0.25, 0.3) is 0 Å². The minimum Gasteiger partial charge on any atom is -0.306 e. The third-order valence-corrected chi connectivity index (χ3v) is 3.51. The highest BCUT2D eigenvalue weighted by molar-refractivity contribution is 9.10. The van der Waals surface area contributed by atoms with E-state index in [9.17, 15) is 4.39 Å². The van der Waals surface area contributed by atoms with Crippen molar-refractivity contribution in [3.05, 3.63) is 46.2 Å². The molecule has 1 heterocycles. The minimum absolute atomic E-state index is 0.228. The van der Waals surface area contributed by atoms with Crippen LogP contribution in [0, 0.1) is 5.82 Å². The van der Waals surface area contributed by atoms with Crippen molar-refractivity contribution in [3.63, 3.8) is 0 Å². The molecular weight excluding hydrogens is 311 g/mol. The predicted molar refractivity (Wildman–Crippen MR) is 75.0 cm³/mol. The van der Waals surface area contributed by atoms with Gasteiger partial charge in [0.15, 0.2) is 0 Å². The smallest absolute Gasteiger partial charge is 0.140 e. The van der Waals surface area contributed by atoms with Crippen molar-refractivity contribution < 1.29 is 4.39 Å². The molecule has 0 amide bonds. The van der Waals surface area contributed by atoms with Crippen molar-refractivity contribution in [3.8, 4) is 0 Å². The molecule has 0 fully saturated rings. The van der Waals surface area contributed by atoms with Gasteiger partial charge in [-0.3, -0.25) is 0 Å².